The molecule has 1 rings (SSSR count). The van der Waals surface area contributed by atoms with Crippen molar-refractivity contribution in [2.75, 3.05) is 0 Å². The summed E-state index contributed by atoms with van der Waals surface area (Å²) in [6.45, 7) is 5.27. The Morgan fingerprint density at radius 2 is 1.79 bits per heavy atom. The molecule has 78 valence electrons. The average molecular weight is 221 g/mol. The fraction of sp³-hybridized carbons (Fsp3) is 0.400. The van der Waals surface area contributed by atoms with E-state index in [9.17, 15) is 8.78 Å². The van der Waals surface area contributed by atoms with Gasteiger partial charge in [-0.25, -0.2) is 8.78 Å². The summed E-state index contributed by atoms with van der Waals surface area (Å²) in [7, 11) is 0. The Hall–Kier alpha value is -0.830. The van der Waals surface area contributed by atoms with Gasteiger partial charge in [0.05, 0.1) is 5.02 Å². The minimum atomic E-state index is -0.787. The molecule has 1 aromatic carbocycles. The van der Waals surface area contributed by atoms with Crippen LogP contribution >= 0.6 is 11.6 Å². The van der Waals surface area contributed by atoms with E-state index in [1.54, 1.807) is 20.8 Å². The van der Waals surface area contributed by atoms with Gasteiger partial charge in [-0.05, 0) is 26.8 Å². The van der Waals surface area contributed by atoms with E-state index in [2.05, 4.69) is 0 Å². The van der Waals surface area contributed by atoms with Gasteiger partial charge < -0.3 is 4.74 Å². The minimum Gasteiger partial charge on any atom is -0.483 e. The van der Waals surface area contributed by atoms with Gasteiger partial charge in [-0.1, -0.05) is 11.6 Å². The molecule has 4 heteroatoms. The van der Waals surface area contributed by atoms with E-state index in [4.69, 9.17) is 16.3 Å². The third-order valence-electron chi connectivity index (χ3n) is 1.37. The molecule has 0 unspecified atom stereocenters. The lowest BCUT2D eigenvalue weighted by Crippen LogP contribution is -2.23. The molecule has 0 aliphatic carbocycles. The molecule has 1 nitrogen and oxygen atoms in total. The first-order valence-corrected chi connectivity index (χ1v) is 4.51. The van der Waals surface area contributed by atoms with E-state index in [1.165, 1.54) is 0 Å². The van der Waals surface area contributed by atoms with Crippen molar-refractivity contribution in [3.05, 3.63) is 28.8 Å². The summed E-state index contributed by atoms with van der Waals surface area (Å²) in [6.07, 6.45) is 0. The molecule has 0 aliphatic rings. The molecule has 0 spiro atoms. The summed E-state index contributed by atoms with van der Waals surface area (Å²) < 4.78 is 31.1. The van der Waals surface area contributed by atoms with Gasteiger partial charge >= 0.3 is 0 Å². The number of benzene rings is 1. The van der Waals surface area contributed by atoms with E-state index >= 15 is 0 Å². The van der Waals surface area contributed by atoms with Crippen LogP contribution in [0.3, 0.4) is 0 Å². The summed E-state index contributed by atoms with van der Waals surface area (Å²) in [5, 5.41) is -0.0579. The van der Waals surface area contributed by atoms with Gasteiger partial charge in [0.25, 0.3) is 0 Å². The molecule has 0 saturated heterocycles. The highest BCUT2D eigenvalue weighted by atomic mass is 35.5. The second-order valence-corrected chi connectivity index (χ2v) is 4.32. The second kappa shape index (κ2) is 3.73. The standard InChI is InChI=1S/C10H11ClF2O/c1-10(2,3)14-9-7(11)4-6(12)5-8(9)13/h4-5H,1-3H3. The van der Waals surface area contributed by atoms with Crippen LogP contribution in [0.15, 0.2) is 12.1 Å². The quantitative estimate of drug-likeness (QED) is 0.700. The first kappa shape index (κ1) is 11.2. The van der Waals surface area contributed by atoms with Crippen molar-refractivity contribution >= 4 is 11.6 Å². The number of hydrogen-bond acceptors (Lipinski definition) is 1. The van der Waals surface area contributed by atoms with Crippen LogP contribution in [0.2, 0.25) is 5.02 Å². The van der Waals surface area contributed by atoms with Crippen molar-refractivity contribution in [1.82, 2.24) is 0 Å². The molecule has 0 atom stereocenters. The van der Waals surface area contributed by atoms with E-state index in [-0.39, 0.29) is 10.8 Å². The molecule has 0 aromatic heterocycles. The molecule has 0 amide bonds. The largest absolute Gasteiger partial charge is 0.483 e. The van der Waals surface area contributed by atoms with Crippen LogP contribution in [-0.4, -0.2) is 5.60 Å². The fourth-order valence-electron chi connectivity index (χ4n) is 0.933. The van der Waals surface area contributed by atoms with Crippen molar-refractivity contribution in [3.63, 3.8) is 0 Å². The Balaban J connectivity index is 3.09. The maximum absolute atomic E-state index is 13.2. The summed E-state index contributed by atoms with van der Waals surface area (Å²) in [5.41, 5.74) is -0.567. The van der Waals surface area contributed by atoms with Gasteiger partial charge in [-0.15, -0.1) is 0 Å². The number of hydrogen-bond donors (Lipinski definition) is 0. The molecule has 0 bridgehead atoms. The third kappa shape index (κ3) is 2.84. The molecule has 1 aromatic rings. The highest BCUT2D eigenvalue weighted by Crippen LogP contribution is 2.31. The van der Waals surface area contributed by atoms with E-state index in [0.717, 1.165) is 12.1 Å². The van der Waals surface area contributed by atoms with Crippen LogP contribution in [0.4, 0.5) is 8.78 Å². The van der Waals surface area contributed by atoms with Gasteiger partial charge in [0.2, 0.25) is 0 Å². The second-order valence-electron chi connectivity index (χ2n) is 3.91. The maximum atomic E-state index is 13.2. The summed E-state index contributed by atoms with van der Waals surface area (Å²) in [6, 6.07) is 1.76. The molecule has 0 aliphatic heterocycles. The summed E-state index contributed by atoms with van der Waals surface area (Å²) in [5.74, 6) is -1.61. The SMILES string of the molecule is CC(C)(C)Oc1c(F)cc(F)cc1Cl. The maximum Gasteiger partial charge on any atom is 0.174 e. The Kier molecular flexibility index (Phi) is 3.00. The number of halogens is 3. The van der Waals surface area contributed by atoms with E-state index in [1.807, 2.05) is 0 Å². The first-order valence-electron chi connectivity index (χ1n) is 4.13. The highest BCUT2D eigenvalue weighted by Gasteiger charge is 2.18. The fourth-order valence-corrected chi connectivity index (χ4v) is 1.17. The lowest BCUT2D eigenvalue weighted by molar-refractivity contribution is 0.124. The van der Waals surface area contributed by atoms with Gasteiger partial charge in [0.15, 0.2) is 11.6 Å². The van der Waals surface area contributed by atoms with Gasteiger partial charge in [-0.2, -0.15) is 0 Å². The van der Waals surface area contributed by atoms with Crippen LogP contribution in [0.1, 0.15) is 20.8 Å². The van der Waals surface area contributed by atoms with E-state index in [0.29, 0.717) is 0 Å². The first-order chi connectivity index (χ1) is 6.29. The van der Waals surface area contributed by atoms with Crippen molar-refractivity contribution in [3.8, 4) is 5.75 Å². The molecule has 0 fully saturated rings. The molecular formula is C10H11ClF2O. The summed E-state index contributed by atoms with van der Waals surface area (Å²) >= 11 is 5.64. The lowest BCUT2D eigenvalue weighted by atomic mass is 10.2. The van der Waals surface area contributed by atoms with Crippen LogP contribution in [0.5, 0.6) is 5.75 Å². The van der Waals surface area contributed by atoms with Crippen molar-refractivity contribution in [2.45, 2.75) is 26.4 Å². The monoisotopic (exact) mass is 220 g/mol. The molecular weight excluding hydrogens is 210 g/mol. The zero-order chi connectivity index (χ0) is 10.9. The molecule has 0 radical (unpaired) electrons. The highest BCUT2D eigenvalue weighted by molar-refractivity contribution is 6.32. The van der Waals surface area contributed by atoms with E-state index < -0.39 is 17.2 Å². The average Bonchev–Trinajstić information content (AvgIpc) is 1.95. The Bertz CT molecular complexity index is 321. The Labute approximate surface area is 86.6 Å². The summed E-state index contributed by atoms with van der Waals surface area (Å²) in [4.78, 5) is 0. The number of rotatable bonds is 1. The Morgan fingerprint density at radius 3 is 2.21 bits per heavy atom. The molecule has 0 heterocycles. The predicted octanol–water partition coefficient (Wildman–Crippen LogP) is 3.80. The smallest absolute Gasteiger partial charge is 0.174 e. The van der Waals surface area contributed by atoms with Gasteiger partial charge in [-0.3, -0.25) is 0 Å². The van der Waals surface area contributed by atoms with Crippen molar-refractivity contribution in [2.24, 2.45) is 0 Å². The topological polar surface area (TPSA) is 9.23 Å². The van der Waals surface area contributed by atoms with Crippen molar-refractivity contribution in [1.29, 1.82) is 0 Å². The molecule has 0 N–H and O–H groups in total. The molecule has 0 saturated carbocycles. The number of ether oxygens (including phenoxy) is 1. The van der Waals surface area contributed by atoms with Gasteiger partial charge in [0, 0.05) is 6.07 Å². The zero-order valence-corrected chi connectivity index (χ0v) is 8.95. The third-order valence-corrected chi connectivity index (χ3v) is 1.65. The van der Waals surface area contributed by atoms with Gasteiger partial charge in [0.1, 0.15) is 11.4 Å². The van der Waals surface area contributed by atoms with Crippen molar-refractivity contribution < 1.29 is 13.5 Å². The lowest BCUT2D eigenvalue weighted by Gasteiger charge is -2.22. The van der Waals surface area contributed by atoms with Crippen LogP contribution in [-0.2, 0) is 0 Å². The van der Waals surface area contributed by atoms with Crippen LogP contribution < -0.4 is 4.74 Å². The molecule has 14 heavy (non-hydrogen) atoms. The minimum absolute atomic E-state index is 0.0579. The Morgan fingerprint density at radius 1 is 1.21 bits per heavy atom. The normalized spacial score (nSPS) is 11.6. The zero-order valence-electron chi connectivity index (χ0n) is 8.20. The predicted molar refractivity (Wildman–Crippen MR) is 51.7 cm³/mol. The van der Waals surface area contributed by atoms with Crippen LogP contribution in [0, 0.1) is 11.6 Å². The van der Waals surface area contributed by atoms with Crippen LogP contribution in [0.25, 0.3) is 0 Å².